The van der Waals surface area contributed by atoms with Crippen LogP contribution in [0.5, 0.6) is 0 Å². The van der Waals surface area contributed by atoms with Gasteiger partial charge in [-0.2, -0.15) is 0 Å². The Morgan fingerprint density at radius 1 is 0.789 bits per heavy atom. The molecule has 0 bridgehead atoms. The lowest BCUT2D eigenvalue weighted by Gasteiger charge is -2.56. The molecular weight excluding hydrogens is 464 g/mol. The number of hydrogen-bond donors (Lipinski definition) is 0. The molecular formula is C34H36N4. The van der Waals surface area contributed by atoms with E-state index in [1.807, 2.05) is 0 Å². The first-order chi connectivity index (χ1) is 18.1. The molecule has 0 amide bonds. The van der Waals surface area contributed by atoms with Crippen molar-refractivity contribution in [3.8, 4) is 11.1 Å². The predicted molar refractivity (Wildman–Crippen MR) is 158 cm³/mol. The summed E-state index contributed by atoms with van der Waals surface area (Å²) < 4.78 is 0. The number of nitrogens with zero attached hydrogens (tertiary/aromatic N) is 4. The lowest BCUT2D eigenvalue weighted by molar-refractivity contribution is 0.170. The Bertz CT molecular complexity index is 1530. The van der Waals surface area contributed by atoms with Crippen molar-refractivity contribution < 1.29 is 0 Å². The van der Waals surface area contributed by atoms with E-state index < -0.39 is 0 Å². The van der Waals surface area contributed by atoms with Crippen LogP contribution in [-0.2, 0) is 10.8 Å². The maximum atomic E-state index is 4.94. The van der Waals surface area contributed by atoms with Crippen molar-refractivity contribution in [1.29, 1.82) is 0 Å². The average Bonchev–Trinajstić information content (AvgIpc) is 3.27. The number of rotatable bonds is 3. The quantitative estimate of drug-likeness (QED) is 0.264. The molecule has 6 rings (SSSR count). The van der Waals surface area contributed by atoms with Crippen LogP contribution in [0.2, 0.25) is 0 Å². The molecule has 4 nitrogen and oxygen atoms in total. The van der Waals surface area contributed by atoms with Gasteiger partial charge >= 0.3 is 0 Å². The number of aromatic nitrogens is 2. The standard InChI is InChI=1S/C34H36N4/c1-8-34(7)26-22-24(32(2,3)4)18-19-28(26)38-30-29(35-20-21-36-30)37(31(38)33(34,5)6)27-17-13-12-16-25(27)23-14-10-9-11-15-23/h8-22,31H,1H2,2-7H3. The van der Waals surface area contributed by atoms with Gasteiger partial charge in [-0.1, -0.05) is 108 Å². The molecule has 192 valence electrons. The van der Waals surface area contributed by atoms with Crippen molar-refractivity contribution in [2.75, 3.05) is 9.80 Å². The van der Waals surface area contributed by atoms with Crippen molar-refractivity contribution in [3.63, 3.8) is 0 Å². The van der Waals surface area contributed by atoms with Crippen LogP contribution >= 0.6 is 0 Å². The van der Waals surface area contributed by atoms with E-state index in [9.17, 15) is 0 Å². The van der Waals surface area contributed by atoms with E-state index in [4.69, 9.17) is 9.97 Å². The number of fused-ring (bicyclic) bond motifs is 5. The van der Waals surface area contributed by atoms with E-state index in [1.165, 1.54) is 27.9 Å². The summed E-state index contributed by atoms with van der Waals surface area (Å²) >= 11 is 0. The highest BCUT2D eigenvalue weighted by Gasteiger charge is 2.59. The second kappa shape index (κ2) is 8.29. The fourth-order valence-electron chi connectivity index (χ4n) is 6.31. The Balaban J connectivity index is 1.65. The van der Waals surface area contributed by atoms with Gasteiger partial charge in [0.1, 0.15) is 6.17 Å². The Morgan fingerprint density at radius 3 is 2.03 bits per heavy atom. The first-order valence-electron chi connectivity index (χ1n) is 13.4. The maximum absolute atomic E-state index is 4.94. The topological polar surface area (TPSA) is 32.3 Å². The van der Waals surface area contributed by atoms with Gasteiger partial charge in [0.25, 0.3) is 0 Å². The second-order valence-electron chi connectivity index (χ2n) is 12.3. The fourth-order valence-corrected chi connectivity index (χ4v) is 6.31. The van der Waals surface area contributed by atoms with Crippen molar-refractivity contribution in [2.45, 2.75) is 58.5 Å². The molecule has 3 heterocycles. The van der Waals surface area contributed by atoms with E-state index in [1.54, 1.807) is 12.4 Å². The summed E-state index contributed by atoms with van der Waals surface area (Å²) in [7, 11) is 0. The monoisotopic (exact) mass is 500 g/mol. The molecule has 2 atom stereocenters. The number of allylic oxidation sites excluding steroid dienone is 1. The van der Waals surface area contributed by atoms with Crippen molar-refractivity contribution in [1.82, 2.24) is 9.97 Å². The van der Waals surface area contributed by atoms with Crippen molar-refractivity contribution in [2.24, 2.45) is 5.41 Å². The minimum Gasteiger partial charge on any atom is -0.301 e. The highest BCUT2D eigenvalue weighted by molar-refractivity contribution is 5.91. The highest BCUT2D eigenvalue weighted by atomic mass is 15.5. The van der Waals surface area contributed by atoms with Gasteiger partial charge in [-0.3, -0.25) is 0 Å². The zero-order valence-electron chi connectivity index (χ0n) is 23.2. The lowest BCUT2D eigenvalue weighted by Crippen LogP contribution is -2.60. The molecule has 4 aromatic rings. The number of anilines is 4. The van der Waals surface area contributed by atoms with Gasteiger partial charge in [0, 0.05) is 34.5 Å². The molecule has 0 saturated heterocycles. The SMILES string of the molecule is C=CC1(C)c2cc(C(C)(C)C)ccc2N2c3nccnc3N(c3ccccc3-c3ccccc3)C2C1(C)C. The van der Waals surface area contributed by atoms with Crippen LogP contribution in [0, 0.1) is 5.41 Å². The summed E-state index contributed by atoms with van der Waals surface area (Å²) in [5, 5.41) is 0. The Morgan fingerprint density at radius 2 is 1.39 bits per heavy atom. The Hall–Kier alpha value is -3.92. The molecule has 2 aliphatic rings. The van der Waals surface area contributed by atoms with Gasteiger partial charge < -0.3 is 9.80 Å². The fraction of sp³-hybridized carbons (Fsp3) is 0.294. The van der Waals surface area contributed by atoms with Gasteiger partial charge in [0.2, 0.25) is 0 Å². The molecule has 2 aliphatic heterocycles. The predicted octanol–water partition coefficient (Wildman–Crippen LogP) is 8.54. The average molecular weight is 501 g/mol. The van der Waals surface area contributed by atoms with Crippen LogP contribution in [0.25, 0.3) is 11.1 Å². The smallest absolute Gasteiger partial charge is 0.178 e. The molecule has 2 unspecified atom stereocenters. The summed E-state index contributed by atoms with van der Waals surface area (Å²) in [5.41, 5.74) is 6.75. The summed E-state index contributed by atoms with van der Waals surface area (Å²) in [6.45, 7) is 18.3. The minimum atomic E-state index is -0.299. The largest absolute Gasteiger partial charge is 0.301 e. The van der Waals surface area contributed by atoms with Gasteiger partial charge in [-0.25, -0.2) is 9.97 Å². The number of benzene rings is 3. The van der Waals surface area contributed by atoms with Crippen molar-refractivity contribution >= 4 is 23.0 Å². The Kier molecular flexibility index (Phi) is 5.33. The zero-order valence-corrected chi connectivity index (χ0v) is 23.2. The van der Waals surface area contributed by atoms with Gasteiger partial charge in [-0.05, 0) is 34.2 Å². The number of para-hydroxylation sites is 1. The van der Waals surface area contributed by atoms with E-state index in [2.05, 4.69) is 137 Å². The minimum absolute atomic E-state index is 0.0431. The summed E-state index contributed by atoms with van der Waals surface area (Å²) in [6, 6.07) is 26.2. The first kappa shape index (κ1) is 24.4. The van der Waals surface area contributed by atoms with Gasteiger partial charge in [0.05, 0.1) is 5.69 Å². The van der Waals surface area contributed by atoms with Crippen LogP contribution in [0.1, 0.15) is 52.7 Å². The third-order valence-electron chi connectivity index (χ3n) is 8.93. The molecule has 3 aromatic carbocycles. The zero-order chi connectivity index (χ0) is 26.9. The molecule has 0 spiro atoms. The molecule has 4 heteroatoms. The van der Waals surface area contributed by atoms with E-state index in [-0.39, 0.29) is 22.4 Å². The van der Waals surface area contributed by atoms with Crippen LogP contribution in [0.15, 0.2) is 97.8 Å². The molecule has 0 fully saturated rings. The summed E-state index contributed by atoms with van der Waals surface area (Å²) in [4.78, 5) is 14.7. The maximum Gasteiger partial charge on any atom is 0.178 e. The molecule has 0 saturated carbocycles. The highest BCUT2D eigenvalue weighted by Crippen LogP contribution is 2.62. The first-order valence-corrected chi connectivity index (χ1v) is 13.4. The van der Waals surface area contributed by atoms with Gasteiger partial charge in [-0.15, -0.1) is 6.58 Å². The van der Waals surface area contributed by atoms with Crippen LogP contribution < -0.4 is 9.80 Å². The van der Waals surface area contributed by atoms with Crippen molar-refractivity contribution in [3.05, 3.63) is 109 Å². The molecule has 1 aromatic heterocycles. The van der Waals surface area contributed by atoms with Crippen LogP contribution in [-0.4, -0.2) is 16.1 Å². The molecule has 0 N–H and O–H groups in total. The van der Waals surface area contributed by atoms with E-state index >= 15 is 0 Å². The Labute approximate surface area is 226 Å². The van der Waals surface area contributed by atoms with Gasteiger partial charge in [0.15, 0.2) is 11.6 Å². The molecule has 38 heavy (non-hydrogen) atoms. The third kappa shape index (κ3) is 3.29. The van der Waals surface area contributed by atoms with Crippen LogP contribution in [0.3, 0.4) is 0 Å². The third-order valence-corrected chi connectivity index (χ3v) is 8.93. The lowest BCUT2D eigenvalue weighted by atomic mass is 9.58. The second-order valence-corrected chi connectivity index (χ2v) is 12.3. The van der Waals surface area contributed by atoms with Crippen LogP contribution in [0.4, 0.5) is 23.0 Å². The number of hydrogen-bond acceptors (Lipinski definition) is 4. The van der Waals surface area contributed by atoms with E-state index in [0.29, 0.717) is 0 Å². The normalized spacial score (nSPS) is 21.5. The summed E-state index contributed by atoms with van der Waals surface area (Å²) in [5.74, 6) is 1.78. The molecule has 0 aliphatic carbocycles. The van der Waals surface area contributed by atoms with E-state index in [0.717, 1.165) is 17.3 Å². The summed E-state index contributed by atoms with van der Waals surface area (Å²) in [6.07, 6.45) is 5.71. The molecule has 0 radical (unpaired) electrons.